The second kappa shape index (κ2) is 5.58. The van der Waals surface area contributed by atoms with Gasteiger partial charge in [-0.1, -0.05) is 0 Å². The van der Waals surface area contributed by atoms with E-state index in [2.05, 4.69) is 5.32 Å². The lowest BCUT2D eigenvalue weighted by Crippen LogP contribution is -2.47. The van der Waals surface area contributed by atoms with Crippen LogP contribution >= 0.6 is 0 Å². The molecule has 1 atom stereocenters. The van der Waals surface area contributed by atoms with E-state index in [1.807, 2.05) is 0 Å². The molecular formula is C11H21NO3S. The molecule has 0 spiro atoms. The Bertz CT molecular complexity index is 244. The molecule has 1 N–H and O–H groups in total. The molecule has 0 aliphatic carbocycles. The van der Waals surface area contributed by atoms with Crippen molar-refractivity contribution in [2.45, 2.75) is 30.9 Å². The molecular weight excluding hydrogens is 226 g/mol. The highest BCUT2D eigenvalue weighted by molar-refractivity contribution is 7.85. The van der Waals surface area contributed by atoms with Crippen molar-refractivity contribution >= 4 is 10.8 Å². The van der Waals surface area contributed by atoms with Crippen LogP contribution in [-0.4, -0.2) is 54.2 Å². The standard InChI is InChI=1S/C11H21NO3S/c1-14-11(4-5-15-9-11)8-12-10-2-6-16(13)7-3-10/h10,12H,2-9H2,1H3. The summed E-state index contributed by atoms with van der Waals surface area (Å²) < 4.78 is 22.2. The van der Waals surface area contributed by atoms with Gasteiger partial charge in [0.05, 0.1) is 6.61 Å². The van der Waals surface area contributed by atoms with Crippen molar-refractivity contribution in [2.24, 2.45) is 0 Å². The van der Waals surface area contributed by atoms with Crippen LogP contribution in [0.25, 0.3) is 0 Å². The van der Waals surface area contributed by atoms with Crippen molar-refractivity contribution in [3.05, 3.63) is 0 Å². The maximum atomic E-state index is 11.2. The van der Waals surface area contributed by atoms with Gasteiger partial charge in [0.15, 0.2) is 0 Å². The Morgan fingerprint density at radius 2 is 2.25 bits per heavy atom. The molecule has 2 rings (SSSR count). The average Bonchev–Trinajstić information content (AvgIpc) is 2.78. The summed E-state index contributed by atoms with van der Waals surface area (Å²) in [6.45, 7) is 2.33. The Morgan fingerprint density at radius 3 is 2.81 bits per heavy atom. The fourth-order valence-corrected chi connectivity index (χ4v) is 3.59. The molecule has 1 unspecified atom stereocenters. The fourth-order valence-electron chi connectivity index (χ4n) is 2.29. The molecule has 0 aromatic rings. The Morgan fingerprint density at radius 1 is 1.50 bits per heavy atom. The van der Waals surface area contributed by atoms with Gasteiger partial charge in [0, 0.05) is 55.0 Å². The van der Waals surface area contributed by atoms with Crippen molar-refractivity contribution in [3.8, 4) is 0 Å². The van der Waals surface area contributed by atoms with E-state index in [1.54, 1.807) is 7.11 Å². The number of nitrogens with one attached hydrogen (secondary N) is 1. The van der Waals surface area contributed by atoms with Crippen LogP contribution in [0.15, 0.2) is 0 Å². The normalized spacial score (nSPS) is 40.1. The van der Waals surface area contributed by atoms with Crippen LogP contribution in [0.4, 0.5) is 0 Å². The molecule has 0 saturated carbocycles. The zero-order valence-corrected chi connectivity index (χ0v) is 10.7. The smallest absolute Gasteiger partial charge is 0.106 e. The summed E-state index contributed by atoms with van der Waals surface area (Å²) in [6, 6.07) is 0.505. The molecule has 94 valence electrons. The fraction of sp³-hybridized carbons (Fsp3) is 1.00. The third-order valence-corrected chi connectivity index (χ3v) is 4.98. The topological polar surface area (TPSA) is 47.6 Å². The molecule has 0 aromatic heterocycles. The van der Waals surface area contributed by atoms with Gasteiger partial charge in [-0.25, -0.2) is 0 Å². The largest absolute Gasteiger partial charge is 0.378 e. The Labute approximate surface area is 99.5 Å². The van der Waals surface area contributed by atoms with Crippen LogP contribution in [0.5, 0.6) is 0 Å². The van der Waals surface area contributed by atoms with Gasteiger partial charge in [0.25, 0.3) is 0 Å². The summed E-state index contributed by atoms with van der Waals surface area (Å²) in [7, 11) is 1.18. The molecule has 0 radical (unpaired) electrons. The van der Waals surface area contributed by atoms with E-state index in [0.29, 0.717) is 12.6 Å². The highest BCUT2D eigenvalue weighted by atomic mass is 32.2. The van der Waals surface area contributed by atoms with Crippen molar-refractivity contribution in [1.82, 2.24) is 5.32 Å². The lowest BCUT2D eigenvalue weighted by molar-refractivity contribution is -0.0176. The summed E-state index contributed by atoms with van der Waals surface area (Å²) in [4.78, 5) is 0. The first-order valence-electron chi connectivity index (χ1n) is 5.95. The number of hydrogen-bond acceptors (Lipinski definition) is 4. The number of rotatable bonds is 4. The maximum Gasteiger partial charge on any atom is 0.106 e. The predicted octanol–water partition coefficient (Wildman–Crippen LogP) is 0.293. The van der Waals surface area contributed by atoms with Crippen LogP contribution in [0.1, 0.15) is 19.3 Å². The SMILES string of the molecule is COC1(CNC2CCS(=O)CC2)CCOC1. The quantitative estimate of drug-likeness (QED) is 0.776. The van der Waals surface area contributed by atoms with E-state index >= 15 is 0 Å². The molecule has 2 saturated heterocycles. The molecule has 4 nitrogen and oxygen atoms in total. The highest BCUT2D eigenvalue weighted by Crippen LogP contribution is 2.22. The second-order valence-electron chi connectivity index (χ2n) is 4.69. The average molecular weight is 247 g/mol. The first-order valence-corrected chi connectivity index (χ1v) is 7.44. The van der Waals surface area contributed by atoms with E-state index in [0.717, 1.165) is 43.9 Å². The van der Waals surface area contributed by atoms with Gasteiger partial charge < -0.3 is 14.8 Å². The van der Waals surface area contributed by atoms with E-state index in [1.165, 1.54) is 0 Å². The minimum absolute atomic E-state index is 0.128. The lowest BCUT2D eigenvalue weighted by atomic mass is 10.0. The Hall–Kier alpha value is 0.0300. The molecule has 16 heavy (non-hydrogen) atoms. The molecule has 2 heterocycles. The lowest BCUT2D eigenvalue weighted by Gasteiger charge is -2.30. The maximum absolute atomic E-state index is 11.2. The molecule has 0 amide bonds. The third kappa shape index (κ3) is 3.03. The minimum Gasteiger partial charge on any atom is -0.378 e. The van der Waals surface area contributed by atoms with Crippen LogP contribution in [0, 0.1) is 0 Å². The molecule has 5 heteroatoms. The van der Waals surface area contributed by atoms with Crippen molar-refractivity contribution in [3.63, 3.8) is 0 Å². The van der Waals surface area contributed by atoms with Gasteiger partial charge in [-0.05, 0) is 12.8 Å². The van der Waals surface area contributed by atoms with E-state index in [-0.39, 0.29) is 5.60 Å². The van der Waals surface area contributed by atoms with Crippen molar-refractivity contribution in [2.75, 3.05) is 38.4 Å². The Balaban J connectivity index is 1.75. The summed E-state index contributed by atoms with van der Waals surface area (Å²) >= 11 is 0. The van der Waals surface area contributed by atoms with E-state index < -0.39 is 10.8 Å². The zero-order valence-electron chi connectivity index (χ0n) is 9.87. The highest BCUT2D eigenvalue weighted by Gasteiger charge is 2.35. The summed E-state index contributed by atoms with van der Waals surface area (Å²) in [5, 5.41) is 3.54. The van der Waals surface area contributed by atoms with Gasteiger partial charge in [0.1, 0.15) is 5.60 Å². The van der Waals surface area contributed by atoms with Crippen molar-refractivity contribution < 1.29 is 13.7 Å². The molecule has 2 fully saturated rings. The van der Waals surface area contributed by atoms with Gasteiger partial charge in [-0.2, -0.15) is 0 Å². The summed E-state index contributed by atoms with van der Waals surface area (Å²) in [5.41, 5.74) is -0.128. The number of methoxy groups -OCH3 is 1. The van der Waals surface area contributed by atoms with Crippen LogP contribution in [0.3, 0.4) is 0 Å². The monoisotopic (exact) mass is 247 g/mol. The van der Waals surface area contributed by atoms with Gasteiger partial charge >= 0.3 is 0 Å². The van der Waals surface area contributed by atoms with Gasteiger partial charge in [0.2, 0.25) is 0 Å². The van der Waals surface area contributed by atoms with Crippen LogP contribution < -0.4 is 5.32 Å². The zero-order chi connectivity index (χ0) is 11.4. The molecule has 2 aliphatic rings. The van der Waals surface area contributed by atoms with Gasteiger partial charge in [-0.15, -0.1) is 0 Å². The molecule has 0 aromatic carbocycles. The third-order valence-electron chi connectivity index (χ3n) is 3.60. The number of ether oxygens (including phenoxy) is 2. The first-order chi connectivity index (χ1) is 7.74. The minimum atomic E-state index is -0.575. The van der Waals surface area contributed by atoms with Gasteiger partial charge in [-0.3, -0.25) is 4.21 Å². The summed E-state index contributed by atoms with van der Waals surface area (Å²) in [5.74, 6) is 1.68. The number of hydrogen-bond donors (Lipinski definition) is 1. The summed E-state index contributed by atoms with van der Waals surface area (Å²) in [6.07, 6.45) is 3.01. The Kier molecular flexibility index (Phi) is 4.35. The predicted molar refractivity (Wildman–Crippen MR) is 64.1 cm³/mol. The van der Waals surface area contributed by atoms with Crippen LogP contribution in [-0.2, 0) is 20.3 Å². The van der Waals surface area contributed by atoms with Crippen LogP contribution in [0.2, 0.25) is 0 Å². The first kappa shape index (κ1) is 12.5. The van der Waals surface area contributed by atoms with E-state index in [9.17, 15) is 4.21 Å². The second-order valence-corrected chi connectivity index (χ2v) is 6.39. The van der Waals surface area contributed by atoms with Crippen molar-refractivity contribution in [1.29, 1.82) is 0 Å². The van der Waals surface area contributed by atoms with E-state index in [4.69, 9.17) is 9.47 Å². The molecule has 2 aliphatic heterocycles. The molecule has 0 bridgehead atoms.